The van der Waals surface area contributed by atoms with E-state index in [9.17, 15) is 0 Å². The quantitative estimate of drug-likeness (QED) is 0.543. The molecule has 3 N–H and O–H groups in total. The standard InChI is InChI=1S/C20H28N2O/c1-16(2)15-23-20-11-10-17(13-19(20)21)9-6-12-22-14-18-7-4-3-5-8-18/h3-5,7-8,10-11,13,16,22H,6,9,12,14-15,21H2,1-2H3. The first-order valence-corrected chi connectivity index (χ1v) is 8.41. The fraction of sp³-hybridized carbons (Fsp3) is 0.400. The Morgan fingerprint density at radius 3 is 2.52 bits per heavy atom. The monoisotopic (exact) mass is 312 g/mol. The average molecular weight is 312 g/mol. The highest BCUT2D eigenvalue weighted by Crippen LogP contribution is 2.23. The predicted molar refractivity (Wildman–Crippen MR) is 97.7 cm³/mol. The fourth-order valence-corrected chi connectivity index (χ4v) is 2.39. The summed E-state index contributed by atoms with van der Waals surface area (Å²) in [7, 11) is 0. The van der Waals surface area contributed by atoms with Crippen molar-refractivity contribution in [2.45, 2.75) is 33.2 Å². The number of hydrogen-bond acceptors (Lipinski definition) is 3. The second kappa shape index (κ2) is 9.21. The number of ether oxygens (including phenoxy) is 1. The molecule has 0 aliphatic heterocycles. The van der Waals surface area contributed by atoms with E-state index in [-0.39, 0.29) is 0 Å². The van der Waals surface area contributed by atoms with Crippen LogP contribution in [0.15, 0.2) is 48.5 Å². The minimum atomic E-state index is 0.504. The van der Waals surface area contributed by atoms with Gasteiger partial charge in [0, 0.05) is 6.54 Å². The van der Waals surface area contributed by atoms with Crippen LogP contribution in [0, 0.1) is 5.92 Å². The first-order chi connectivity index (χ1) is 11.1. The zero-order chi connectivity index (χ0) is 16.5. The van der Waals surface area contributed by atoms with Crippen molar-refractivity contribution in [1.82, 2.24) is 5.32 Å². The van der Waals surface area contributed by atoms with Gasteiger partial charge in [0.05, 0.1) is 12.3 Å². The molecule has 3 heteroatoms. The molecule has 0 atom stereocenters. The summed E-state index contributed by atoms with van der Waals surface area (Å²) < 4.78 is 5.71. The molecule has 0 aromatic heterocycles. The van der Waals surface area contributed by atoms with Crippen LogP contribution in [0.5, 0.6) is 5.75 Å². The lowest BCUT2D eigenvalue weighted by atomic mass is 10.1. The van der Waals surface area contributed by atoms with Gasteiger partial charge < -0.3 is 15.8 Å². The molecule has 0 aliphatic rings. The second-order valence-corrected chi connectivity index (χ2v) is 6.34. The Morgan fingerprint density at radius 2 is 1.83 bits per heavy atom. The van der Waals surface area contributed by atoms with Crippen LogP contribution in [0.25, 0.3) is 0 Å². The number of hydrogen-bond donors (Lipinski definition) is 2. The van der Waals surface area contributed by atoms with Crippen molar-refractivity contribution in [2.75, 3.05) is 18.9 Å². The summed E-state index contributed by atoms with van der Waals surface area (Å²) in [6, 6.07) is 16.6. The molecule has 2 aromatic carbocycles. The maximum absolute atomic E-state index is 6.07. The molecular weight excluding hydrogens is 284 g/mol. The number of nitrogens with two attached hydrogens (primary N) is 1. The molecule has 0 bridgehead atoms. The van der Waals surface area contributed by atoms with E-state index in [0.717, 1.165) is 37.4 Å². The highest BCUT2D eigenvalue weighted by molar-refractivity contribution is 5.54. The van der Waals surface area contributed by atoms with Crippen molar-refractivity contribution in [3.05, 3.63) is 59.7 Å². The van der Waals surface area contributed by atoms with E-state index in [2.05, 4.69) is 49.5 Å². The van der Waals surface area contributed by atoms with E-state index >= 15 is 0 Å². The van der Waals surface area contributed by atoms with Gasteiger partial charge >= 0.3 is 0 Å². The van der Waals surface area contributed by atoms with E-state index in [1.807, 2.05) is 18.2 Å². The maximum Gasteiger partial charge on any atom is 0.142 e. The normalized spacial score (nSPS) is 10.9. The highest BCUT2D eigenvalue weighted by atomic mass is 16.5. The maximum atomic E-state index is 6.07. The van der Waals surface area contributed by atoms with Gasteiger partial charge in [-0.1, -0.05) is 50.2 Å². The number of benzene rings is 2. The third-order valence-electron chi connectivity index (χ3n) is 3.64. The number of nitrogen functional groups attached to an aromatic ring is 1. The topological polar surface area (TPSA) is 47.3 Å². The lowest BCUT2D eigenvalue weighted by Gasteiger charge is -2.12. The van der Waals surface area contributed by atoms with E-state index in [1.54, 1.807) is 0 Å². The summed E-state index contributed by atoms with van der Waals surface area (Å²) in [6.45, 7) is 6.89. The number of rotatable bonds is 9. The molecular formula is C20H28N2O. The van der Waals surface area contributed by atoms with E-state index in [1.165, 1.54) is 11.1 Å². The van der Waals surface area contributed by atoms with Gasteiger partial charge in [-0.15, -0.1) is 0 Å². The Bertz CT molecular complexity index is 581. The molecule has 0 saturated carbocycles. The van der Waals surface area contributed by atoms with Crippen LogP contribution in [-0.4, -0.2) is 13.2 Å². The Labute approximate surface area is 139 Å². The van der Waals surface area contributed by atoms with Crippen LogP contribution in [-0.2, 0) is 13.0 Å². The predicted octanol–water partition coefficient (Wildman–Crippen LogP) is 4.03. The summed E-state index contributed by atoms with van der Waals surface area (Å²) in [6.07, 6.45) is 2.12. The van der Waals surface area contributed by atoms with Crippen molar-refractivity contribution < 1.29 is 4.74 Å². The van der Waals surface area contributed by atoms with Gasteiger partial charge in [-0.3, -0.25) is 0 Å². The summed E-state index contributed by atoms with van der Waals surface area (Å²) in [5.41, 5.74) is 9.40. The van der Waals surface area contributed by atoms with E-state index < -0.39 is 0 Å². The largest absolute Gasteiger partial charge is 0.491 e. The van der Waals surface area contributed by atoms with Gasteiger partial charge in [0.2, 0.25) is 0 Å². The molecule has 23 heavy (non-hydrogen) atoms. The molecule has 0 fully saturated rings. The summed E-state index contributed by atoms with van der Waals surface area (Å²) in [5.74, 6) is 1.30. The van der Waals surface area contributed by atoms with Crippen LogP contribution < -0.4 is 15.8 Å². The number of nitrogens with one attached hydrogen (secondary N) is 1. The van der Waals surface area contributed by atoms with Crippen LogP contribution in [0.3, 0.4) is 0 Å². The Morgan fingerprint density at radius 1 is 1.04 bits per heavy atom. The third kappa shape index (κ3) is 6.33. The number of anilines is 1. The van der Waals surface area contributed by atoms with Crippen LogP contribution >= 0.6 is 0 Å². The molecule has 0 amide bonds. The SMILES string of the molecule is CC(C)COc1ccc(CCCNCc2ccccc2)cc1N. The van der Waals surface area contributed by atoms with Gasteiger partial charge in [-0.25, -0.2) is 0 Å². The Balaban J connectivity index is 1.70. The molecule has 0 saturated heterocycles. The Hall–Kier alpha value is -2.00. The van der Waals surface area contributed by atoms with E-state index in [0.29, 0.717) is 12.5 Å². The summed E-state index contributed by atoms with van der Waals surface area (Å²) >= 11 is 0. The van der Waals surface area contributed by atoms with Crippen molar-refractivity contribution in [3.8, 4) is 5.75 Å². The Kier molecular flexibility index (Phi) is 6.95. The lowest BCUT2D eigenvalue weighted by Crippen LogP contribution is -2.15. The molecule has 0 radical (unpaired) electrons. The molecule has 0 aliphatic carbocycles. The molecule has 0 spiro atoms. The van der Waals surface area contributed by atoms with Gasteiger partial charge in [-0.2, -0.15) is 0 Å². The van der Waals surface area contributed by atoms with Gasteiger partial charge in [-0.05, 0) is 48.6 Å². The van der Waals surface area contributed by atoms with Crippen LogP contribution in [0.1, 0.15) is 31.4 Å². The smallest absolute Gasteiger partial charge is 0.142 e. The highest BCUT2D eigenvalue weighted by Gasteiger charge is 2.03. The summed E-state index contributed by atoms with van der Waals surface area (Å²) in [4.78, 5) is 0. The van der Waals surface area contributed by atoms with Gasteiger partial charge in [0.15, 0.2) is 0 Å². The molecule has 2 aromatic rings. The van der Waals surface area contributed by atoms with Crippen LogP contribution in [0.2, 0.25) is 0 Å². The van der Waals surface area contributed by atoms with Crippen LogP contribution in [0.4, 0.5) is 5.69 Å². The van der Waals surface area contributed by atoms with Gasteiger partial charge in [0.1, 0.15) is 5.75 Å². The molecule has 124 valence electrons. The first-order valence-electron chi connectivity index (χ1n) is 8.41. The molecule has 0 unspecified atom stereocenters. The second-order valence-electron chi connectivity index (χ2n) is 6.34. The molecule has 0 heterocycles. The zero-order valence-corrected chi connectivity index (χ0v) is 14.2. The number of aryl methyl sites for hydroxylation is 1. The van der Waals surface area contributed by atoms with Crippen molar-refractivity contribution >= 4 is 5.69 Å². The summed E-state index contributed by atoms with van der Waals surface area (Å²) in [5, 5.41) is 3.47. The minimum absolute atomic E-state index is 0.504. The van der Waals surface area contributed by atoms with Gasteiger partial charge in [0.25, 0.3) is 0 Å². The van der Waals surface area contributed by atoms with E-state index in [4.69, 9.17) is 10.5 Å². The lowest BCUT2D eigenvalue weighted by molar-refractivity contribution is 0.272. The zero-order valence-electron chi connectivity index (χ0n) is 14.2. The molecule has 2 rings (SSSR count). The molecule has 3 nitrogen and oxygen atoms in total. The minimum Gasteiger partial charge on any atom is -0.491 e. The average Bonchev–Trinajstić information content (AvgIpc) is 2.54. The third-order valence-corrected chi connectivity index (χ3v) is 3.64. The fourth-order valence-electron chi connectivity index (χ4n) is 2.39. The van der Waals surface area contributed by atoms with Crippen molar-refractivity contribution in [3.63, 3.8) is 0 Å². The van der Waals surface area contributed by atoms with Crippen molar-refractivity contribution in [2.24, 2.45) is 5.92 Å². The first kappa shape index (κ1) is 17.4. The van der Waals surface area contributed by atoms with Crippen molar-refractivity contribution in [1.29, 1.82) is 0 Å².